The van der Waals surface area contributed by atoms with E-state index in [0.29, 0.717) is 5.75 Å². The lowest BCUT2D eigenvalue weighted by Gasteiger charge is -2.04. The Morgan fingerprint density at radius 3 is 2.71 bits per heavy atom. The summed E-state index contributed by atoms with van der Waals surface area (Å²) in [6.07, 6.45) is 3.53. The highest BCUT2D eigenvalue weighted by Gasteiger charge is 2.06. The Labute approximate surface area is 100 Å². The summed E-state index contributed by atoms with van der Waals surface area (Å²) in [6.45, 7) is 1.90. The van der Waals surface area contributed by atoms with Crippen LogP contribution in [0.3, 0.4) is 0 Å². The number of rotatable bonds is 3. The van der Waals surface area contributed by atoms with Crippen LogP contribution in [0.4, 0.5) is 0 Å². The van der Waals surface area contributed by atoms with Gasteiger partial charge in [-0.3, -0.25) is 9.78 Å². The van der Waals surface area contributed by atoms with E-state index < -0.39 is 0 Å². The first-order chi connectivity index (χ1) is 8.24. The van der Waals surface area contributed by atoms with Crippen molar-refractivity contribution in [1.29, 1.82) is 0 Å². The summed E-state index contributed by atoms with van der Waals surface area (Å²) < 4.78 is 5.20. The lowest BCUT2D eigenvalue weighted by molar-refractivity contribution is -0.133. The quantitative estimate of drug-likeness (QED) is 0.756. The van der Waals surface area contributed by atoms with E-state index >= 15 is 0 Å². The predicted molar refractivity (Wildman–Crippen MR) is 64.8 cm³/mol. The molecule has 2 rings (SSSR count). The van der Waals surface area contributed by atoms with Crippen LogP contribution in [0.25, 0.3) is 0 Å². The van der Waals surface area contributed by atoms with Gasteiger partial charge in [-0.2, -0.15) is 0 Å². The Balaban J connectivity index is 1.98. The second-order valence-corrected chi connectivity index (χ2v) is 3.83. The summed E-state index contributed by atoms with van der Waals surface area (Å²) in [5.41, 5.74) is 1.91. The Kier molecular flexibility index (Phi) is 3.50. The summed E-state index contributed by atoms with van der Waals surface area (Å²) in [5.74, 6) is 0.217. The van der Waals surface area contributed by atoms with Crippen molar-refractivity contribution in [2.24, 2.45) is 0 Å². The Morgan fingerprint density at radius 2 is 2.00 bits per heavy atom. The molecule has 0 aliphatic carbocycles. The number of pyridine rings is 1. The van der Waals surface area contributed by atoms with Crippen molar-refractivity contribution >= 4 is 5.97 Å². The normalized spacial score (nSPS) is 9.94. The zero-order chi connectivity index (χ0) is 12.1. The molecule has 0 fully saturated rings. The molecule has 0 bridgehead atoms. The van der Waals surface area contributed by atoms with Gasteiger partial charge in [-0.1, -0.05) is 30.3 Å². The number of hydrogen-bond acceptors (Lipinski definition) is 3. The number of carbonyl (C=O) groups excluding carboxylic acids is 1. The van der Waals surface area contributed by atoms with Crippen LogP contribution < -0.4 is 4.74 Å². The predicted octanol–water partition coefficient (Wildman–Crippen LogP) is 2.54. The van der Waals surface area contributed by atoms with Crippen LogP contribution in [-0.2, 0) is 11.2 Å². The molecular formula is C14H13NO2. The molecule has 0 unspecified atom stereocenters. The van der Waals surface area contributed by atoms with E-state index in [2.05, 4.69) is 4.98 Å². The van der Waals surface area contributed by atoms with Crippen LogP contribution in [0.1, 0.15) is 11.1 Å². The lowest BCUT2D eigenvalue weighted by Crippen LogP contribution is -2.11. The van der Waals surface area contributed by atoms with Crippen molar-refractivity contribution < 1.29 is 9.53 Å². The van der Waals surface area contributed by atoms with E-state index in [1.807, 2.05) is 37.3 Å². The molecule has 1 aromatic carbocycles. The summed E-state index contributed by atoms with van der Waals surface area (Å²) in [6, 6.07) is 11.3. The SMILES string of the molecule is Cc1cncc(OC(=O)Cc2ccccc2)c1. The fourth-order valence-corrected chi connectivity index (χ4v) is 1.51. The molecule has 1 aromatic heterocycles. The van der Waals surface area contributed by atoms with Crippen molar-refractivity contribution in [1.82, 2.24) is 4.98 Å². The van der Waals surface area contributed by atoms with Crippen LogP contribution in [-0.4, -0.2) is 11.0 Å². The fourth-order valence-electron chi connectivity index (χ4n) is 1.51. The van der Waals surface area contributed by atoms with Crippen molar-refractivity contribution in [3.63, 3.8) is 0 Å². The first-order valence-electron chi connectivity index (χ1n) is 5.40. The van der Waals surface area contributed by atoms with Crippen LogP contribution in [0, 0.1) is 6.92 Å². The van der Waals surface area contributed by atoms with Crippen molar-refractivity contribution in [2.75, 3.05) is 0 Å². The van der Waals surface area contributed by atoms with E-state index in [9.17, 15) is 4.79 Å². The zero-order valence-electron chi connectivity index (χ0n) is 9.59. The van der Waals surface area contributed by atoms with Crippen molar-refractivity contribution in [3.05, 3.63) is 59.9 Å². The van der Waals surface area contributed by atoms with Gasteiger partial charge in [0.1, 0.15) is 5.75 Å². The number of nitrogens with zero attached hydrogens (tertiary/aromatic N) is 1. The van der Waals surface area contributed by atoms with Gasteiger partial charge >= 0.3 is 5.97 Å². The average molecular weight is 227 g/mol. The van der Waals surface area contributed by atoms with Gasteiger partial charge in [0.25, 0.3) is 0 Å². The lowest BCUT2D eigenvalue weighted by atomic mass is 10.2. The average Bonchev–Trinajstić information content (AvgIpc) is 2.30. The topological polar surface area (TPSA) is 39.2 Å². The summed E-state index contributed by atoms with van der Waals surface area (Å²) in [7, 11) is 0. The third-order valence-electron chi connectivity index (χ3n) is 2.27. The molecular weight excluding hydrogens is 214 g/mol. The van der Waals surface area contributed by atoms with E-state index in [1.54, 1.807) is 12.3 Å². The molecule has 1 heterocycles. The van der Waals surface area contributed by atoms with E-state index in [0.717, 1.165) is 11.1 Å². The van der Waals surface area contributed by atoms with Gasteiger partial charge in [0.15, 0.2) is 0 Å². The second-order valence-electron chi connectivity index (χ2n) is 3.83. The molecule has 86 valence electrons. The maximum atomic E-state index is 11.6. The summed E-state index contributed by atoms with van der Waals surface area (Å²) in [5, 5.41) is 0. The monoisotopic (exact) mass is 227 g/mol. The van der Waals surface area contributed by atoms with Crippen molar-refractivity contribution in [3.8, 4) is 5.75 Å². The maximum absolute atomic E-state index is 11.6. The molecule has 0 aliphatic heterocycles. The van der Waals surface area contributed by atoms with Gasteiger partial charge in [0.2, 0.25) is 0 Å². The highest BCUT2D eigenvalue weighted by molar-refractivity contribution is 5.75. The van der Waals surface area contributed by atoms with Crippen LogP contribution in [0.15, 0.2) is 48.8 Å². The highest BCUT2D eigenvalue weighted by atomic mass is 16.5. The summed E-state index contributed by atoms with van der Waals surface area (Å²) >= 11 is 0. The Morgan fingerprint density at radius 1 is 1.24 bits per heavy atom. The molecule has 2 aromatic rings. The minimum absolute atomic E-state index is 0.273. The number of ether oxygens (including phenoxy) is 1. The van der Waals surface area contributed by atoms with Crippen LogP contribution in [0.5, 0.6) is 5.75 Å². The van der Waals surface area contributed by atoms with Crippen LogP contribution in [0.2, 0.25) is 0 Å². The molecule has 0 aliphatic rings. The van der Waals surface area contributed by atoms with Gasteiger partial charge in [-0.05, 0) is 24.1 Å². The third-order valence-corrected chi connectivity index (χ3v) is 2.27. The molecule has 3 nitrogen and oxygen atoms in total. The molecule has 0 saturated carbocycles. The zero-order valence-corrected chi connectivity index (χ0v) is 9.59. The van der Waals surface area contributed by atoms with Gasteiger partial charge in [0.05, 0.1) is 12.6 Å². The molecule has 0 saturated heterocycles. The van der Waals surface area contributed by atoms with Gasteiger partial charge in [-0.15, -0.1) is 0 Å². The molecule has 0 atom stereocenters. The minimum Gasteiger partial charge on any atom is -0.425 e. The first-order valence-corrected chi connectivity index (χ1v) is 5.40. The van der Waals surface area contributed by atoms with E-state index in [-0.39, 0.29) is 12.4 Å². The number of aryl methyl sites for hydroxylation is 1. The Bertz CT molecular complexity index is 509. The first kappa shape index (κ1) is 11.3. The number of benzene rings is 1. The van der Waals surface area contributed by atoms with E-state index in [4.69, 9.17) is 4.74 Å². The van der Waals surface area contributed by atoms with E-state index in [1.165, 1.54) is 6.20 Å². The largest absolute Gasteiger partial charge is 0.425 e. The molecule has 0 radical (unpaired) electrons. The number of aromatic nitrogens is 1. The van der Waals surface area contributed by atoms with Crippen LogP contribution >= 0.6 is 0 Å². The second kappa shape index (κ2) is 5.25. The van der Waals surface area contributed by atoms with Gasteiger partial charge in [-0.25, -0.2) is 0 Å². The number of hydrogen-bond donors (Lipinski definition) is 0. The third kappa shape index (κ3) is 3.41. The highest BCUT2D eigenvalue weighted by Crippen LogP contribution is 2.11. The smallest absolute Gasteiger partial charge is 0.315 e. The number of carbonyl (C=O) groups is 1. The molecule has 0 spiro atoms. The standard InChI is InChI=1S/C14H13NO2/c1-11-7-13(10-15-9-11)17-14(16)8-12-5-3-2-4-6-12/h2-7,9-10H,8H2,1H3. The van der Waals surface area contributed by atoms with Crippen molar-refractivity contribution in [2.45, 2.75) is 13.3 Å². The molecule has 0 N–H and O–H groups in total. The van der Waals surface area contributed by atoms with Gasteiger partial charge in [0, 0.05) is 6.20 Å². The van der Waals surface area contributed by atoms with Gasteiger partial charge < -0.3 is 4.74 Å². The molecule has 3 heteroatoms. The number of esters is 1. The summed E-state index contributed by atoms with van der Waals surface area (Å²) in [4.78, 5) is 15.6. The molecule has 0 amide bonds. The maximum Gasteiger partial charge on any atom is 0.315 e. The molecule has 17 heavy (non-hydrogen) atoms. The fraction of sp³-hybridized carbons (Fsp3) is 0.143. The Hall–Kier alpha value is -2.16. The minimum atomic E-state index is -0.274.